The van der Waals surface area contributed by atoms with Crippen molar-refractivity contribution in [3.8, 4) is 0 Å². The SMILES string of the molecule is CN1CC2CC1CN2S(=O)(=O)c1ccc(Br)cc1. The zero-order valence-electron chi connectivity index (χ0n) is 10.1. The van der Waals surface area contributed by atoms with Gasteiger partial charge in [-0.2, -0.15) is 4.31 Å². The molecule has 2 saturated heterocycles. The summed E-state index contributed by atoms with van der Waals surface area (Å²) in [6.07, 6.45) is 0.965. The molecule has 4 nitrogen and oxygen atoms in total. The molecule has 2 bridgehead atoms. The number of piperazine rings is 1. The summed E-state index contributed by atoms with van der Waals surface area (Å²) in [5, 5.41) is 0. The summed E-state index contributed by atoms with van der Waals surface area (Å²) in [5.74, 6) is 0. The maximum atomic E-state index is 12.5. The molecule has 98 valence electrons. The number of nitrogens with zero attached hydrogens (tertiary/aromatic N) is 2. The van der Waals surface area contributed by atoms with E-state index in [9.17, 15) is 8.42 Å². The zero-order chi connectivity index (χ0) is 12.9. The molecule has 0 amide bonds. The molecule has 0 aromatic heterocycles. The largest absolute Gasteiger partial charge is 0.300 e. The Labute approximate surface area is 116 Å². The first-order chi connectivity index (χ1) is 8.48. The maximum absolute atomic E-state index is 12.5. The van der Waals surface area contributed by atoms with Gasteiger partial charge in [0.2, 0.25) is 10.0 Å². The Morgan fingerprint density at radius 3 is 2.33 bits per heavy atom. The van der Waals surface area contributed by atoms with Gasteiger partial charge in [0.1, 0.15) is 0 Å². The Morgan fingerprint density at radius 2 is 1.83 bits per heavy atom. The standard InChI is InChI=1S/C12H15BrN2O2S/c1-14-7-11-6-10(14)8-15(11)18(16,17)12-4-2-9(13)3-5-12/h2-5,10-11H,6-8H2,1H3. The molecule has 0 saturated carbocycles. The molecule has 0 N–H and O–H groups in total. The van der Waals surface area contributed by atoms with Crippen LogP contribution in [0.15, 0.2) is 33.6 Å². The van der Waals surface area contributed by atoms with Crippen LogP contribution in [0, 0.1) is 0 Å². The fourth-order valence-corrected chi connectivity index (χ4v) is 4.79. The highest BCUT2D eigenvalue weighted by atomic mass is 79.9. The van der Waals surface area contributed by atoms with Crippen molar-refractivity contribution in [2.24, 2.45) is 0 Å². The number of hydrogen-bond donors (Lipinski definition) is 0. The molecule has 2 aliphatic rings. The van der Waals surface area contributed by atoms with Gasteiger partial charge in [0.25, 0.3) is 0 Å². The van der Waals surface area contributed by atoms with E-state index in [-0.39, 0.29) is 6.04 Å². The minimum absolute atomic E-state index is 0.147. The van der Waals surface area contributed by atoms with Crippen molar-refractivity contribution in [2.45, 2.75) is 23.4 Å². The van der Waals surface area contributed by atoms with E-state index in [0.29, 0.717) is 17.5 Å². The van der Waals surface area contributed by atoms with Crippen LogP contribution in [0.4, 0.5) is 0 Å². The Hall–Kier alpha value is -0.430. The number of halogens is 1. The van der Waals surface area contributed by atoms with Crippen LogP contribution in [-0.4, -0.2) is 49.8 Å². The summed E-state index contributed by atoms with van der Waals surface area (Å²) < 4.78 is 27.6. The minimum atomic E-state index is -3.32. The number of likely N-dealkylation sites (N-methyl/N-ethyl adjacent to an activating group) is 1. The molecule has 2 heterocycles. The van der Waals surface area contributed by atoms with Gasteiger partial charge in [-0.3, -0.25) is 0 Å². The Balaban J connectivity index is 1.90. The molecule has 18 heavy (non-hydrogen) atoms. The van der Waals surface area contributed by atoms with E-state index in [1.807, 2.05) is 0 Å². The lowest BCUT2D eigenvalue weighted by molar-refractivity contribution is 0.216. The maximum Gasteiger partial charge on any atom is 0.243 e. The molecule has 1 aromatic rings. The van der Waals surface area contributed by atoms with Crippen molar-refractivity contribution < 1.29 is 8.42 Å². The van der Waals surface area contributed by atoms with E-state index in [4.69, 9.17) is 0 Å². The van der Waals surface area contributed by atoms with Crippen molar-refractivity contribution in [2.75, 3.05) is 20.1 Å². The second-order valence-electron chi connectivity index (χ2n) is 5.01. The molecule has 3 rings (SSSR count). The molecule has 0 aliphatic carbocycles. The van der Waals surface area contributed by atoms with E-state index < -0.39 is 10.0 Å². The highest BCUT2D eigenvalue weighted by molar-refractivity contribution is 9.10. The number of benzene rings is 1. The quantitative estimate of drug-likeness (QED) is 0.825. The lowest BCUT2D eigenvalue weighted by Crippen LogP contribution is -2.47. The van der Waals surface area contributed by atoms with Gasteiger partial charge in [-0.25, -0.2) is 8.42 Å². The molecular formula is C12H15BrN2O2S. The van der Waals surface area contributed by atoms with Gasteiger partial charge in [-0.15, -0.1) is 0 Å². The highest BCUT2D eigenvalue weighted by Gasteiger charge is 2.46. The summed E-state index contributed by atoms with van der Waals surface area (Å²) >= 11 is 3.32. The predicted molar refractivity (Wildman–Crippen MR) is 72.9 cm³/mol. The Kier molecular flexibility index (Phi) is 3.01. The number of fused-ring (bicyclic) bond motifs is 2. The van der Waals surface area contributed by atoms with E-state index in [1.165, 1.54) is 0 Å². The molecule has 1 aromatic carbocycles. The number of likely N-dealkylation sites (tertiary alicyclic amines) is 1. The number of sulfonamides is 1. The Bertz CT molecular complexity index is 556. The summed E-state index contributed by atoms with van der Waals surface area (Å²) in [7, 11) is -1.26. The third-order valence-corrected chi connectivity index (χ3v) is 6.35. The van der Waals surface area contributed by atoms with Gasteiger partial charge in [-0.05, 0) is 37.7 Å². The van der Waals surface area contributed by atoms with Crippen LogP contribution in [0.2, 0.25) is 0 Å². The molecular weight excluding hydrogens is 316 g/mol. The van der Waals surface area contributed by atoms with Crippen LogP contribution in [0.3, 0.4) is 0 Å². The summed E-state index contributed by atoms with van der Waals surface area (Å²) in [6.45, 7) is 1.47. The van der Waals surface area contributed by atoms with Gasteiger partial charge < -0.3 is 4.90 Å². The van der Waals surface area contributed by atoms with Crippen molar-refractivity contribution in [1.29, 1.82) is 0 Å². The van der Waals surface area contributed by atoms with Gasteiger partial charge in [0.05, 0.1) is 4.90 Å². The van der Waals surface area contributed by atoms with E-state index in [2.05, 4.69) is 27.9 Å². The van der Waals surface area contributed by atoms with Crippen molar-refractivity contribution in [3.63, 3.8) is 0 Å². The first-order valence-corrected chi connectivity index (χ1v) is 8.19. The summed E-state index contributed by atoms with van der Waals surface area (Å²) in [4.78, 5) is 2.64. The fraction of sp³-hybridized carbons (Fsp3) is 0.500. The lowest BCUT2D eigenvalue weighted by atomic mass is 10.2. The highest BCUT2D eigenvalue weighted by Crippen LogP contribution is 2.34. The second kappa shape index (κ2) is 4.30. The van der Waals surface area contributed by atoms with Crippen LogP contribution in [0.1, 0.15) is 6.42 Å². The number of rotatable bonds is 2. The van der Waals surface area contributed by atoms with Gasteiger partial charge in [0.15, 0.2) is 0 Å². The summed E-state index contributed by atoms with van der Waals surface area (Å²) in [6, 6.07) is 7.40. The zero-order valence-corrected chi connectivity index (χ0v) is 12.5. The van der Waals surface area contributed by atoms with Crippen LogP contribution in [0.25, 0.3) is 0 Å². The topological polar surface area (TPSA) is 40.6 Å². The average molecular weight is 331 g/mol. The van der Waals surface area contributed by atoms with E-state index in [1.54, 1.807) is 28.6 Å². The van der Waals surface area contributed by atoms with Crippen LogP contribution < -0.4 is 0 Å². The van der Waals surface area contributed by atoms with Gasteiger partial charge >= 0.3 is 0 Å². The molecule has 0 radical (unpaired) electrons. The third-order valence-electron chi connectivity index (χ3n) is 3.88. The first-order valence-electron chi connectivity index (χ1n) is 5.96. The molecule has 2 aliphatic heterocycles. The van der Waals surface area contributed by atoms with Crippen molar-refractivity contribution in [1.82, 2.24) is 9.21 Å². The van der Waals surface area contributed by atoms with Gasteiger partial charge in [-0.1, -0.05) is 15.9 Å². The second-order valence-corrected chi connectivity index (χ2v) is 7.82. The predicted octanol–water partition coefficient (Wildman–Crippen LogP) is 1.53. The summed E-state index contributed by atoms with van der Waals surface area (Å²) in [5.41, 5.74) is 0. The van der Waals surface area contributed by atoms with E-state index in [0.717, 1.165) is 17.4 Å². The fourth-order valence-electron chi connectivity index (χ4n) is 2.87. The minimum Gasteiger partial charge on any atom is -0.300 e. The van der Waals surface area contributed by atoms with Gasteiger partial charge in [0, 0.05) is 29.6 Å². The van der Waals surface area contributed by atoms with Crippen molar-refractivity contribution >= 4 is 26.0 Å². The van der Waals surface area contributed by atoms with Crippen LogP contribution >= 0.6 is 15.9 Å². The normalized spacial score (nSPS) is 29.0. The molecule has 2 atom stereocenters. The monoisotopic (exact) mass is 330 g/mol. The van der Waals surface area contributed by atoms with E-state index >= 15 is 0 Å². The first kappa shape index (κ1) is 12.6. The third kappa shape index (κ3) is 1.91. The van der Waals surface area contributed by atoms with Crippen LogP contribution in [-0.2, 0) is 10.0 Å². The molecule has 0 spiro atoms. The average Bonchev–Trinajstić information content (AvgIpc) is 2.88. The molecule has 2 fully saturated rings. The smallest absolute Gasteiger partial charge is 0.243 e. The van der Waals surface area contributed by atoms with Crippen molar-refractivity contribution in [3.05, 3.63) is 28.7 Å². The Morgan fingerprint density at radius 1 is 1.17 bits per heavy atom. The lowest BCUT2D eigenvalue weighted by Gasteiger charge is -2.31. The number of hydrogen-bond acceptors (Lipinski definition) is 3. The van der Waals surface area contributed by atoms with Crippen LogP contribution in [0.5, 0.6) is 0 Å². The molecule has 6 heteroatoms. The molecule has 2 unspecified atom stereocenters.